The number of benzene rings is 3. The maximum absolute atomic E-state index is 13.2. The van der Waals surface area contributed by atoms with Crippen molar-refractivity contribution < 1.29 is 28.2 Å². The fourth-order valence-electron chi connectivity index (χ4n) is 4.17. The van der Waals surface area contributed by atoms with Gasteiger partial charge in [-0.3, -0.25) is 4.79 Å². The molecule has 0 N–H and O–H groups in total. The highest BCUT2D eigenvalue weighted by Crippen LogP contribution is 2.36. The van der Waals surface area contributed by atoms with Crippen LogP contribution in [0.2, 0.25) is 0 Å². The number of furan rings is 1. The molecule has 0 saturated carbocycles. The molecule has 0 spiro atoms. The summed E-state index contributed by atoms with van der Waals surface area (Å²) in [4.78, 5) is 26.8. The molecule has 2 aromatic heterocycles. The zero-order valence-corrected chi connectivity index (χ0v) is 20.5. The van der Waals surface area contributed by atoms with E-state index in [-0.39, 0.29) is 17.3 Å². The van der Waals surface area contributed by atoms with Crippen LogP contribution >= 0.6 is 11.3 Å². The Morgan fingerprint density at radius 2 is 1.81 bits per heavy atom. The molecule has 7 heteroatoms. The Labute approximate surface area is 216 Å². The van der Waals surface area contributed by atoms with Crippen molar-refractivity contribution in [3.63, 3.8) is 0 Å². The Balaban J connectivity index is 1.23. The Bertz CT molecular complexity index is 1660. The summed E-state index contributed by atoms with van der Waals surface area (Å²) in [5.74, 6) is 1.12. The van der Waals surface area contributed by atoms with Gasteiger partial charge in [0.1, 0.15) is 40.8 Å². The summed E-state index contributed by atoms with van der Waals surface area (Å²) in [7, 11) is 0. The van der Waals surface area contributed by atoms with Gasteiger partial charge in [0.25, 0.3) is 0 Å². The molecule has 0 saturated heterocycles. The standard InChI is InChI=1S/C30H20O6S/c1-18-28(24-14-20(10-12-25(24)34-18)33-17-19-6-3-2-4-7-19)30(32)35-21-9-11-23-26(15-21)36-27(29(23)31)16-22-8-5-13-37-22/h2-16H,17H2,1H3/b27-16-. The topological polar surface area (TPSA) is 75.0 Å². The molecule has 6 nitrogen and oxygen atoms in total. The van der Waals surface area contributed by atoms with E-state index in [0.717, 1.165) is 10.4 Å². The molecule has 3 aromatic carbocycles. The van der Waals surface area contributed by atoms with Crippen molar-refractivity contribution in [1.29, 1.82) is 0 Å². The number of ketones is 1. The molecule has 1 aliphatic rings. The summed E-state index contributed by atoms with van der Waals surface area (Å²) in [5, 5.41) is 2.53. The SMILES string of the molecule is Cc1oc2ccc(OCc3ccccc3)cc2c1C(=O)Oc1ccc2c(c1)O/C(=C\c1cccs1)C2=O. The predicted molar refractivity (Wildman–Crippen MR) is 140 cm³/mol. The molecule has 0 unspecified atom stereocenters. The van der Waals surface area contributed by atoms with Gasteiger partial charge in [0.2, 0.25) is 5.78 Å². The van der Waals surface area contributed by atoms with Crippen molar-refractivity contribution in [2.24, 2.45) is 0 Å². The Hall–Kier alpha value is -4.62. The number of rotatable bonds is 6. The first-order valence-electron chi connectivity index (χ1n) is 11.6. The lowest BCUT2D eigenvalue weighted by Gasteiger charge is -2.07. The minimum Gasteiger partial charge on any atom is -0.489 e. The van der Waals surface area contributed by atoms with Crippen molar-refractivity contribution in [2.75, 3.05) is 0 Å². The van der Waals surface area contributed by atoms with Gasteiger partial charge in [-0.15, -0.1) is 11.3 Å². The fraction of sp³-hybridized carbons (Fsp3) is 0.0667. The van der Waals surface area contributed by atoms with E-state index in [9.17, 15) is 9.59 Å². The van der Waals surface area contributed by atoms with Crippen LogP contribution in [0.5, 0.6) is 17.2 Å². The average molecular weight is 509 g/mol. The van der Waals surface area contributed by atoms with E-state index in [1.807, 2.05) is 47.8 Å². The summed E-state index contributed by atoms with van der Waals surface area (Å²) >= 11 is 1.51. The third-order valence-electron chi connectivity index (χ3n) is 5.96. The van der Waals surface area contributed by atoms with E-state index in [1.54, 1.807) is 49.4 Å². The molecule has 0 radical (unpaired) electrons. The number of allylic oxidation sites excluding steroid dienone is 1. The van der Waals surface area contributed by atoms with Crippen molar-refractivity contribution in [2.45, 2.75) is 13.5 Å². The van der Waals surface area contributed by atoms with Crippen molar-refractivity contribution >= 4 is 40.1 Å². The smallest absolute Gasteiger partial charge is 0.347 e. The van der Waals surface area contributed by atoms with Crippen molar-refractivity contribution in [3.8, 4) is 17.2 Å². The van der Waals surface area contributed by atoms with Gasteiger partial charge in [-0.1, -0.05) is 36.4 Å². The highest BCUT2D eigenvalue weighted by Gasteiger charge is 2.29. The Morgan fingerprint density at radius 3 is 2.62 bits per heavy atom. The summed E-state index contributed by atoms with van der Waals surface area (Å²) in [5.41, 5.74) is 2.34. The van der Waals surface area contributed by atoms with Gasteiger partial charge in [-0.2, -0.15) is 0 Å². The molecule has 1 aliphatic heterocycles. The number of fused-ring (bicyclic) bond motifs is 2. The number of carbonyl (C=O) groups is 2. The fourth-order valence-corrected chi connectivity index (χ4v) is 4.82. The first-order chi connectivity index (χ1) is 18.0. The Morgan fingerprint density at radius 1 is 0.973 bits per heavy atom. The molecule has 182 valence electrons. The zero-order valence-electron chi connectivity index (χ0n) is 19.7. The van der Waals surface area contributed by atoms with Crippen LogP contribution in [0, 0.1) is 6.92 Å². The normalized spacial score (nSPS) is 13.5. The number of thiophene rings is 1. The van der Waals surface area contributed by atoms with Crippen LogP contribution in [0.4, 0.5) is 0 Å². The second-order valence-electron chi connectivity index (χ2n) is 8.47. The van der Waals surface area contributed by atoms with Crippen LogP contribution in [-0.4, -0.2) is 11.8 Å². The van der Waals surface area contributed by atoms with Crippen LogP contribution in [0.3, 0.4) is 0 Å². The summed E-state index contributed by atoms with van der Waals surface area (Å²) in [6.07, 6.45) is 1.71. The maximum atomic E-state index is 13.2. The third kappa shape index (κ3) is 4.52. The summed E-state index contributed by atoms with van der Waals surface area (Å²) in [6, 6.07) is 23.7. The highest BCUT2D eigenvalue weighted by atomic mass is 32.1. The molecule has 37 heavy (non-hydrogen) atoms. The van der Waals surface area contributed by atoms with E-state index in [2.05, 4.69) is 0 Å². The van der Waals surface area contributed by atoms with Gasteiger partial charge in [-0.05, 0) is 54.3 Å². The number of hydrogen-bond donors (Lipinski definition) is 0. The van der Waals surface area contributed by atoms with Crippen LogP contribution in [-0.2, 0) is 6.61 Å². The lowest BCUT2D eigenvalue weighted by Crippen LogP contribution is -2.09. The van der Waals surface area contributed by atoms with E-state index < -0.39 is 5.97 Å². The quantitative estimate of drug-likeness (QED) is 0.137. The number of hydrogen-bond acceptors (Lipinski definition) is 7. The molecule has 0 bridgehead atoms. The van der Waals surface area contributed by atoms with Crippen LogP contribution in [0.25, 0.3) is 17.0 Å². The second-order valence-corrected chi connectivity index (χ2v) is 9.45. The molecule has 3 heterocycles. The monoisotopic (exact) mass is 508 g/mol. The summed E-state index contributed by atoms with van der Waals surface area (Å²) < 4.78 is 23.2. The molecule has 5 aromatic rings. The number of ether oxygens (including phenoxy) is 3. The second kappa shape index (κ2) is 9.44. The van der Waals surface area contributed by atoms with Crippen molar-refractivity contribution in [1.82, 2.24) is 0 Å². The maximum Gasteiger partial charge on any atom is 0.347 e. The average Bonchev–Trinajstić information content (AvgIpc) is 3.61. The van der Waals surface area contributed by atoms with E-state index in [4.69, 9.17) is 18.6 Å². The van der Waals surface area contributed by atoms with Crippen LogP contribution < -0.4 is 14.2 Å². The van der Waals surface area contributed by atoms with Gasteiger partial charge in [-0.25, -0.2) is 4.79 Å². The molecular weight excluding hydrogens is 488 g/mol. The van der Waals surface area contributed by atoms with Crippen LogP contribution in [0.1, 0.15) is 36.9 Å². The minimum atomic E-state index is -0.574. The van der Waals surface area contributed by atoms with Gasteiger partial charge >= 0.3 is 5.97 Å². The van der Waals surface area contributed by atoms with Gasteiger partial charge in [0.05, 0.1) is 5.56 Å². The molecular formula is C30H20O6S. The third-order valence-corrected chi connectivity index (χ3v) is 6.78. The first-order valence-corrected chi connectivity index (χ1v) is 12.5. The highest BCUT2D eigenvalue weighted by molar-refractivity contribution is 7.10. The molecule has 0 aliphatic carbocycles. The molecule has 0 atom stereocenters. The minimum absolute atomic E-state index is 0.207. The molecule has 0 fully saturated rings. The van der Waals surface area contributed by atoms with E-state index in [1.165, 1.54) is 11.3 Å². The largest absolute Gasteiger partial charge is 0.489 e. The van der Waals surface area contributed by atoms with Gasteiger partial charge < -0.3 is 18.6 Å². The van der Waals surface area contributed by atoms with Gasteiger partial charge in [0, 0.05) is 22.4 Å². The number of carbonyl (C=O) groups excluding carboxylic acids is 2. The van der Waals surface area contributed by atoms with E-state index >= 15 is 0 Å². The predicted octanol–water partition coefficient (Wildman–Crippen LogP) is 7.22. The molecule has 6 rings (SSSR count). The van der Waals surface area contributed by atoms with Crippen LogP contribution in [0.15, 0.2) is 94.4 Å². The first kappa shape index (κ1) is 22.8. The summed E-state index contributed by atoms with van der Waals surface area (Å²) in [6.45, 7) is 2.12. The zero-order chi connectivity index (χ0) is 25.4. The van der Waals surface area contributed by atoms with Gasteiger partial charge in [0.15, 0.2) is 5.76 Å². The number of esters is 1. The number of aryl methyl sites for hydroxylation is 1. The lowest BCUT2D eigenvalue weighted by atomic mass is 10.1. The van der Waals surface area contributed by atoms with Crippen molar-refractivity contribution in [3.05, 3.63) is 117 Å². The Kier molecular flexibility index (Phi) is 5.82. The number of Topliss-reactive ketones (excluding diaryl/α,β-unsaturated/α-hetero) is 1. The molecule has 0 amide bonds. The van der Waals surface area contributed by atoms with E-state index in [0.29, 0.717) is 46.0 Å². The lowest BCUT2D eigenvalue weighted by molar-refractivity contribution is 0.0734.